The van der Waals surface area contributed by atoms with Gasteiger partial charge in [0.05, 0.1) is 0 Å². The van der Waals surface area contributed by atoms with Crippen molar-refractivity contribution in [2.24, 2.45) is 0 Å². The van der Waals surface area contributed by atoms with E-state index in [-0.39, 0.29) is 13.4 Å². The highest BCUT2D eigenvalue weighted by molar-refractivity contribution is 7.05. The van der Waals surface area contributed by atoms with Gasteiger partial charge in [-0.25, -0.2) is 0 Å². The smallest absolute Gasteiger partial charge is 0.248 e. The first-order valence-corrected chi connectivity index (χ1v) is 15.9. The highest BCUT2D eigenvalue weighted by Crippen LogP contribution is 2.47. The molecule has 7 aromatic rings. The monoisotopic (exact) mass is 565 g/mol. The SMILES string of the molecule is c1ccc(-c2ccc3c4c2-c2ccccc2B4c2cccc4c2N3c2ccc(-c3ccccc3)c3c2B4c2ccccc2-3)cc1. The Kier molecular flexibility index (Phi) is 4.54. The van der Waals surface area contributed by atoms with Crippen molar-refractivity contribution in [2.75, 3.05) is 4.90 Å². The van der Waals surface area contributed by atoms with Crippen LogP contribution in [-0.2, 0) is 0 Å². The highest BCUT2D eigenvalue weighted by atomic mass is 15.2. The van der Waals surface area contributed by atoms with Crippen LogP contribution < -0.4 is 37.7 Å². The molecule has 0 saturated heterocycles. The zero-order valence-electron chi connectivity index (χ0n) is 24.5. The molecule has 0 amide bonds. The topological polar surface area (TPSA) is 3.24 Å². The Bertz CT molecular complexity index is 2230. The molecule has 0 N–H and O–H groups in total. The van der Waals surface area contributed by atoms with Gasteiger partial charge in [-0.3, -0.25) is 0 Å². The lowest BCUT2D eigenvalue weighted by Crippen LogP contribution is -2.62. The first kappa shape index (κ1) is 23.9. The van der Waals surface area contributed by atoms with E-state index in [1.54, 1.807) is 0 Å². The van der Waals surface area contributed by atoms with Crippen LogP contribution in [0.5, 0.6) is 0 Å². The van der Waals surface area contributed by atoms with Gasteiger partial charge in [0.1, 0.15) is 0 Å². The fraction of sp³-hybridized carbons (Fsp3) is 0. The molecule has 0 saturated carbocycles. The maximum Gasteiger partial charge on any atom is 0.248 e. The van der Waals surface area contributed by atoms with E-state index in [0.717, 1.165) is 0 Å². The van der Waals surface area contributed by atoms with Crippen LogP contribution in [0, 0.1) is 0 Å². The number of hydrogen-bond acceptors (Lipinski definition) is 1. The summed E-state index contributed by atoms with van der Waals surface area (Å²) in [7, 11) is 0. The van der Waals surface area contributed by atoms with Crippen molar-refractivity contribution >= 4 is 63.3 Å². The molecular formula is C42H25B2N. The summed E-state index contributed by atoms with van der Waals surface area (Å²) in [6, 6.07) is 56.7. The molecule has 4 aliphatic rings. The molecule has 0 atom stereocenters. The molecule has 4 heterocycles. The lowest BCUT2D eigenvalue weighted by molar-refractivity contribution is 1.31. The van der Waals surface area contributed by atoms with E-state index in [0.29, 0.717) is 0 Å². The maximum atomic E-state index is 2.62. The average molecular weight is 565 g/mol. The summed E-state index contributed by atoms with van der Waals surface area (Å²) < 4.78 is 0. The molecule has 0 bridgehead atoms. The molecule has 3 heteroatoms. The maximum absolute atomic E-state index is 2.62. The van der Waals surface area contributed by atoms with Gasteiger partial charge in [0.25, 0.3) is 0 Å². The Labute approximate surface area is 263 Å². The summed E-state index contributed by atoms with van der Waals surface area (Å²) in [5.74, 6) is 0. The van der Waals surface area contributed by atoms with Gasteiger partial charge >= 0.3 is 0 Å². The van der Waals surface area contributed by atoms with Crippen LogP contribution in [0.1, 0.15) is 0 Å². The van der Waals surface area contributed by atoms with Gasteiger partial charge in [0, 0.05) is 17.1 Å². The predicted octanol–water partition coefficient (Wildman–Crippen LogP) is 6.11. The van der Waals surface area contributed by atoms with Crippen LogP contribution in [0.15, 0.2) is 152 Å². The summed E-state index contributed by atoms with van der Waals surface area (Å²) in [6.07, 6.45) is 0. The van der Waals surface area contributed by atoms with E-state index in [9.17, 15) is 0 Å². The second-order valence-electron chi connectivity index (χ2n) is 12.7. The molecule has 45 heavy (non-hydrogen) atoms. The van der Waals surface area contributed by atoms with Crippen molar-refractivity contribution < 1.29 is 0 Å². The van der Waals surface area contributed by atoms with E-state index < -0.39 is 0 Å². The number of anilines is 3. The van der Waals surface area contributed by atoms with E-state index >= 15 is 0 Å². The Morgan fingerprint density at radius 3 is 1.24 bits per heavy atom. The number of benzene rings is 7. The Balaban J connectivity index is 1.27. The van der Waals surface area contributed by atoms with Crippen LogP contribution in [0.3, 0.4) is 0 Å². The molecule has 4 aliphatic heterocycles. The fourth-order valence-electron chi connectivity index (χ4n) is 9.07. The van der Waals surface area contributed by atoms with Crippen molar-refractivity contribution in [1.29, 1.82) is 0 Å². The second-order valence-corrected chi connectivity index (χ2v) is 12.7. The molecule has 0 fully saturated rings. The van der Waals surface area contributed by atoms with Crippen molar-refractivity contribution in [2.45, 2.75) is 0 Å². The van der Waals surface area contributed by atoms with Gasteiger partial charge in [0.15, 0.2) is 0 Å². The standard InChI is InChI=1S/C42H25B2N/c1-3-12-26(13-4-1)28-22-24-36-40-38(28)30-16-7-9-18-32(30)43(40)34-20-11-21-35-42(34)45(36)37-25-23-29(27-14-5-2-6-15-27)39-31-17-8-10-19-33(31)44(35)41(37)39/h1-25H. The summed E-state index contributed by atoms with van der Waals surface area (Å²) in [4.78, 5) is 2.62. The van der Waals surface area contributed by atoms with Gasteiger partial charge in [0.2, 0.25) is 13.4 Å². The van der Waals surface area contributed by atoms with Crippen molar-refractivity contribution in [3.8, 4) is 44.5 Å². The van der Waals surface area contributed by atoms with Crippen molar-refractivity contribution in [3.63, 3.8) is 0 Å². The molecule has 0 spiro atoms. The van der Waals surface area contributed by atoms with Gasteiger partial charge in [-0.1, -0.05) is 150 Å². The van der Waals surface area contributed by atoms with E-state index in [2.05, 4.69) is 157 Å². The third kappa shape index (κ3) is 2.92. The fourth-order valence-corrected chi connectivity index (χ4v) is 9.07. The molecule has 11 rings (SSSR count). The van der Waals surface area contributed by atoms with Crippen molar-refractivity contribution in [1.82, 2.24) is 0 Å². The third-order valence-corrected chi connectivity index (χ3v) is 10.7. The first-order valence-electron chi connectivity index (χ1n) is 15.9. The summed E-state index contributed by atoms with van der Waals surface area (Å²) in [6.45, 7) is 0.421. The number of para-hydroxylation sites is 1. The van der Waals surface area contributed by atoms with Crippen LogP contribution in [0.2, 0.25) is 0 Å². The lowest BCUT2D eigenvalue weighted by atomic mass is 9.32. The quantitative estimate of drug-likeness (QED) is 0.229. The average Bonchev–Trinajstić information content (AvgIpc) is 3.64. The van der Waals surface area contributed by atoms with Gasteiger partial charge in [-0.05, 0) is 78.5 Å². The van der Waals surface area contributed by atoms with Crippen LogP contribution in [0.25, 0.3) is 44.5 Å². The number of hydrogen-bond donors (Lipinski definition) is 0. The molecule has 7 aromatic carbocycles. The van der Waals surface area contributed by atoms with Crippen LogP contribution in [0.4, 0.5) is 17.1 Å². The van der Waals surface area contributed by atoms with Gasteiger partial charge in [-0.2, -0.15) is 0 Å². The molecule has 204 valence electrons. The minimum atomic E-state index is 0.210. The van der Waals surface area contributed by atoms with E-state index in [4.69, 9.17) is 0 Å². The zero-order chi connectivity index (χ0) is 29.2. The Morgan fingerprint density at radius 1 is 0.333 bits per heavy atom. The van der Waals surface area contributed by atoms with Gasteiger partial charge in [-0.15, -0.1) is 0 Å². The minimum absolute atomic E-state index is 0.210. The second kappa shape index (κ2) is 8.55. The van der Waals surface area contributed by atoms with E-state index in [1.165, 1.54) is 94.3 Å². The molecular weight excluding hydrogens is 540 g/mol. The molecule has 1 nitrogen and oxygen atoms in total. The largest absolute Gasteiger partial charge is 0.312 e. The zero-order valence-corrected chi connectivity index (χ0v) is 24.5. The van der Waals surface area contributed by atoms with Crippen LogP contribution in [-0.4, -0.2) is 13.4 Å². The summed E-state index contributed by atoms with van der Waals surface area (Å²) >= 11 is 0. The molecule has 0 aromatic heterocycles. The predicted molar refractivity (Wildman–Crippen MR) is 192 cm³/mol. The summed E-state index contributed by atoms with van der Waals surface area (Å²) in [5, 5.41) is 0. The Morgan fingerprint density at radius 2 is 0.756 bits per heavy atom. The third-order valence-electron chi connectivity index (χ3n) is 10.7. The van der Waals surface area contributed by atoms with Gasteiger partial charge < -0.3 is 4.90 Å². The van der Waals surface area contributed by atoms with E-state index in [1.807, 2.05) is 0 Å². The van der Waals surface area contributed by atoms with Crippen molar-refractivity contribution in [3.05, 3.63) is 152 Å². The Hall–Kier alpha value is -5.53. The normalized spacial score (nSPS) is 13.6. The molecule has 0 aliphatic carbocycles. The molecule has 0 unspecified atom stereocenters. The minimum Gasteiger partial charge on any atom is -0.312 e. The number of nitrogens with zero attached hydrogens (tertiary/aromatic N) is 1. The number of fused-ring (bicyclic) bond motifs is 10. The van der Waals surface area contributed by atoms with Crippen LogP contribution >= 0.6 is 0 Å². The first-order chi connectivity index (χ1) is 22.4. The molecule has 0 radical (unpaired) electrons. The highest BCUT2D eigenvalue weighted by Gasteiger charge is 2.50. The number of rotatable bonds is 2. The summed E-state index contributed by atoms with van der Waals surface area (Å²) in [5.41, 5.74) is 23.2. The lowest BCUT2D eigenvalue weighted by Gasteiger charge is -2.43.